The lowest BCUT2D eigenvalue weighted by Crippen LogP contribution is -2.45. The fraction of sp³-hybridized carbons (Fsp3) is 0.846. The Balaban J connectivity index is 0. The number of carbonyl (C=O) groups excluding carboxylic acids is 1. The van der Waals surface area contributed by atoms with Gasteiger partial charge >= 0.3 is 0 Å². The van der Waals surface area contributed by atoms with Gasteiger partial charge in [-0.3, -0.25) is 9.79 Å². The summed E-state index contributed by atoms with van der Waals surface area (Å²) >= 11 is 0. The van der Waals surface area contributed by atoms with E-state index >= 15 is 0 Å². The zero-order valence-electron chi connectivity index (χ0n) is 13.3. The molecule has 0 saturated carbocycles. The molecule has 0 radical (unpaired) electrons. The molecule has 0 rings (SSSR count). The molecule has 0 aromatic heterocycles. The number of halogens is 1. The molecule has 0 aliphatic carbocycles. The summed E-state index contributed by atoms with van der Waals surface area (Å²) in [5.74, 6) is 0.852. The fourth-order valence-corrected chi connectivity index (χ4v) is 1.67. The van der Waals surface area contributed by atoms with Crippen molar-refractivity contribution in [2.45, 2.75) is 20.8 Å². The summed E-state index contributed by atoms with van der Waals surface area (Å²) < 4.78 is 4.98. The first kappa shape index (κ1) is 21.7. The average molecular weight is 400 g/mol. The Morgan fingerprint density at radius 3 is 2.30 bits per heavy atom. The van der Waals surface area contributed by atoms with Gasteiger partial charge in [0.2, 0.25) is 5.91 Å². The van der Waals surface area contributed by atoms with Crippen molar-refractivity contribution >= 4 is 35.8 Å². The lowest BCUT2D eigenvalue weighted by molar-refractivity contribution is -0.131. The van der Waals surface area contributed by atoms with Gasteiger partial charge in [0.1, 0.15) is 0 Å². The van der Waals surface area contributed by atoms with Crippen LogP contribution in [-0.2, 0) is 9.53 Å². The Morgan fingerprint density at radius 2 is 1.85 bits per heavy atom. The van der Waals surface area contributed by atoms with Gasteiger partial charge < -0.3 is 19.9 Å². The van der Waals surface area contributed by atoms with E-state index < -0.39 is 0 Å². The fourth-order valence-electron chi connectivity index (χ4n) is 1.67. The molecule has 0 unspecified atom stereocenters. The topological polar surface area (TPSA) is 57.2 Å². The van der Waals surface area contributed by atoms with Gasteiger partial charge in [-0.2, -0.15) is 0 Å². The van der Waals surface area contributed by atoms with Crippen molar-refractivity contribution in [3.63, 3.8) is 0 Å². The summed E-state index contributed by atoms with van der Waals surface area (Å²) in [6.45, 7) is 9.72. The summed E-state index contributed by atoms with van der Waals surface area (Å²) in [6, 6.07) is 0. The predicted molar refractivity (Wildman–Crippen MR) is 93.8 cm³/mol. The van der Waals surface area contributed by atoms with Gasteiger partial charge in [0.05, 0.1) is 19.7 Å². The first-order valence-electron chi connectivity index (χ1n) is 6.86. The van der Waals surface area contributed by atoms with Crippen LogP contribution in [0, 0.1) is 0 Å². The lowest BCUT2D eigenvalue weighted by Gasteiger charge is -2.25. The SMILES string of the molecule is CCNC(=NCCOC)N(C)CC(=O)N(CC)CC.I. The number of hydrogen-bond acceptors (Lipinski definition) is 3. The zero-order chi connectivity index (χ0) is 14.7. The molecule has 120 valence electrons. The molecular formula is C13H29IN4O2. The van der Waals surface area contributed by atoms with Crippen LogP contribution in [0.4, 0.5) is 0 Å². The van der Waals surface area contributed by atoms with Crippen LogP contribution in [0.1, 0.15) is 20.8 Å². The number of guanidine groups is 1. The maximum Gasteiger partial charge on any atom is 0.242 e. The van der Waals surface area contributed by atoms with Gasteiger partial charge in [-0.05, 0) is 20.8 Å². The second-order valence-corrected chi connectivity index (χ2v) is 4.15. The monoisotopic (exact) mass is 400 g/mol. The number of ether oxygens (including phenoxy) is 1. The highest BCUT2D eigenvalue weighted by atomic mass is 127. The minimum atomic E-state index is 0. The molecule has 0 aromatic rings. The maximum atomic E-state index is 12.0. The second-order valence-electron chi connectivity index (χ2n) is 4.15. The Hall–Kier alpha value is -0.570. The predicted octanol–water partition coefficient (Wildman–Crippen LogP) is 1.02. The Bertz CT molecular complexity index is 284. The van der Waals surface area contributed by atoms with Crippen LogP contribution in [0.5, 0.6) is 0 Å². The molecule has 1 N–H and O–H groups in total. The van der Waals surface area contributed by atoms with Gasteiger partial charge in [0.25, 0.3) is 0 Å². The van der Waals surface area contributed by atoms with Gasteiger partial charge in [-0.1, -0.05) is 0 Å². The molecule has 7 heteroatoms. The van der Waals surface area contributed by atoms with E-state index in [9.17, 15) is 4.79 Å². The Kier molecular flexibility index (Phi) is 14.6. The summed E-state index contributed by atoms with van der Waals surface area (Å²) in [4.78, 5) is 20.1. The molecule has 0 spiro atoms. The minimum absolute atomic E-state index is 0. The standard InChI is InChI=1S/C13H28N4O2.HI/c1-6-14-13(15-9-10-19-5)16(4)11-12(18)17(7-2)8-3;/h6-11H2,1-5H3,(H,14,15);1H. The zero-order valence-corrected chi connectivity index (χ0v) is 15.6. The molecule has 0 aromatic carbocycles. The number of nitrogens with zero attached hydrogens (tertiary/aromatic N) is 3. The number of hydrogen-bond donors (Lipinski definition) is 1. The van der Waals surface area contributed by atoms with E-state index in [1.165, 1.54) is 0 Å². The molecule has 1 amide bonds. The van der Waals surface area contributed by atoms with Crippen LogP contribution in [0.2, 0.25) is 0 Å². The van der Waals surface area contributed by atoms with Crippen LogP contribution < -0.4 is 5.32 Å². The second kappa shape index (κ2) is 13.4. The average Bonchev–Trinajstić information content (AvgIpc) is 2.39. The van der Waals surface area contributed by atoms with Gasteiger partial charge in [0.15, 0.2) is 5.96 Å². The molecule has 0 fully saturated rings. The third-order valence-electron chi connectivity index (χ3n) is 2.74. The first-order chi connectivity index (χ1) is 9.10. The van der Waals surface area contributed by atoms with Gasteiger partial charge in [-0.15, -0.1) is 24.0 Å². The highest BCUT2D eigenvalue weighted by Gasteiger charge is 2.14. The molecule has 6 nitrogen and oxygen atoms in total. The first-order valence-corrected chi connectivity index (χ1v) is 6.86. The summed E-state index contributed by atoms with van der Waals surface area (Å²) in [5.41, 5.74) is 0. The largest absolute Gasteiger partial charge is 0.383 e. The molecule has 0 saturated heterocycles. The number of carbonyl (C=O) groups is 1. The number of aliphatic imine (C=N–C) groups is 1. The van der Waals surface area contributed by atoms with Crippen molar-refractivity contribution in [2.24, 2.45) is 4.99 Å². The van der Waals surface area contributed by atoms with E-state index in [0.29, 0.717) is 19.7 Å². The van der Waals surface area contributed by atoms with Crippen molar-refractivity contribution in [3.8, 4) is 0 Å². The highest BCUT2D eigenvalue weighted by Crippen LogP contribution is 1.93. The normalized spacial score (nSPS) is 10.8. The summed E-state index contributed by atoms with van der Waals surface area (Å²) in [7, 11) is 3.52. The quantitative estimate of drug-likeness (QED) is 0.286. The van der Waals surface area contributed by atoms with E-state index in [4.69, 9.17) is 4.74 Å². The summed E-state index contributed by atoms with van der Waals surface area (Å²) in [5, 5.41) is 3.17. The minimum Gasteiger partial charge on any atom is -0.383 e. The number of amides is 1. The van der Waals surface area contributed by atoms with E-state index in [1.807, 2.05) is 37.6 Å². The van der Waals surface area contributed by atoms with E-state index in [-0.39, 0.29) is 29.9 Å². The Labute approximate surface area is 140 Å². The molecule has 0 bridgehead atoms. The Morgan fingerprint density at radius 1 is 1.25 bits per heavy atom. The van der Waals surface area contributed by atoms with Crippen LogP contribution in [0.3, 0.4) is 0 Å². The van der Waals surface area contributed by atoms with Crippen LogP contribution in [0.15, 0.2) is 4.99 Å². The maximum absolute atomic E-state index is 12.0. The number of rotatable bonds is 8. The van der Waals surface area contributed by atoms with Crippen LogP contribution >= 0.6 is 24.0 Å². The molecular weight excluding hydrogens is 371 g/mol. The highest BCUT2D eigenvalue weighted by molar-refractivity contribution is 14.0. The smallest absolute Gasteiger partial charge is 0.242 e. The molecule has 0 atom stereocenters. The molecule has 0 aliphatic rings. The van der Waals surface area contributed by atoms with E-state index in [1.54, 1.807) is 7.11 Å². The van der Waals surface area contributed by atoms with E-state index in [2.05, 4.69) is 10.3 Å². The van der Waals surface area contributed by atoms with Gasteiger partial charge in [-0.25, -0.2) is 0 Å². The van der Waals surface area contributed by atoms with Crippen molar-refractivity contribution in [1.29, 1.82) is 0 Å². The number of methoxy groups -OCH3 is 1. The van der Waals surface area contributed by atoms with E-state index in [0.717, 1.165) is 25.6 Å². The number of nitrogens with one attached hydrogen (secondary N) is 1. The van der Waals surface area contributed by atoms with Crippen molar-refractivity contribution in [2.75, 3.05) is 53.5 Å². The van der Waals surface area contributed by atoms with Crippen molar-refractivity contribution in [3.05, 3.63) is 0 Å². The van der Waals surface area contributed by atoms with Crippen molar-refractivity contribution < 1.29 is 9.53 Å². The molecule has 0 aliphatic heterocycles. The molecule has 20 heavy (non-hydrogen) atoms. The third-order valence-corrected chi connectivity index (χ3v) is 2.74. The number of likely N-dealkylation sites (N-methyl/N-ethyl adjacent to an activating group) is 2. The van der Waals surface area contributed by atoms with Crippen molar-refractivity contribution in [1.82, 2.24) is 15.1 Å². The van der Waals surface area contributed by atoms with Gasteiger partial charge in [0, 0.05) is 33.8 Å². The van der Waals surface area contributed by atoms with Crippen LogP contribution in [-0.4, -0.2) is 75.2 Å². The summed E-state index contributed by atoms with van der Waals surface area (Å²) in [6.07, 6.45) is 0. The lowest BCUT2D eigenvalue weighted by atomic mass is 10.4. The third kappa shape index (κ3) is 8.57. The van der Waals surface area contributed by atoms with Crippen LogP contribution in [0.25, 0.3) is 0 Å². The molecule has 0 heterocycles.